The van der Waals surface area contributed by atoms with Gasteiger partial charge in [0.2, 0.25) is 28.7 Å². The van der Waals surface area contributed by atoms with Crippen LogP contribution in [0, 0.1) is 28.6 Å². The molecule has 0 spiro atoms. The van der Waals surface area contributed by atoms with E-state index in [1.807, 2.05) is 46.9 Å². The van der Waals surface area contributed by atoms with Crippen LogP contribution in [0.2, 0.25) is 0 Å². The number of rotatable bonds is 16. The van der Waals surface area contributed by atoms with E-state index in [1.54, 1.807) is 4.90 Å². The van der Waals surface area contributed by atoms with Crippen LogP contribution < -0.4 is 20.7 Å². The zero-order valence-electron chi connectivity index (χ0n) is 31.4. The minimum absolute atomic E-state index is 0.0582. The van der Waals surface area contributed by atoms with Crippen LogP contribution in [-0.2, 0) is 24.0 Å². The summed E-state index contributed by atoms with van der Waals surface area (Å²) in [6, 6.07) is -3.47. The number of Topliss-reactive ketones (excluding diaryl/α,β-unsaturated/α-hetero) is 1. The van der Waals surface area contributed by atoms with E-state index in [9.17, 15) is 24.0 Å². The van der Waals surface area contributed by atoms with Gasteiger partial charge >= 0.3 is 0 Å². The summed E-state index contributed by atoms with van der Waals surface area (Å²) in [5.41, 5.74) is -1.09. The molecule has 4 amide bonds. The van der Waals surface area contributed by atoms with Crippen molar-refractivity contribution in [1.82, 2.24) is 46.2 Å². The first-order valence-electron chi connectivity index (χ1n) is 18.5. The molecule has 2 aliphatic carbocycles. The largest absolute Gasteiger partial charge is 0.346 e. The van der Waals surface area contributed by atoms with Crippen LogP contribution in [0.25, 0.3) is 0 Å². The predicted molar refractivity (Wildman–Crippen MR) is 197 cm³/mol. The molecule has 0 bridgehead atoms. The number of tetrazole rings is 1. The molecule has 4 rings (SSSR count). The summed E-state index contributed by atoms with van der Waals surface area (Å²) in [5.74, 6) is -2.43. The summed E-state index contributed by atoms with van der Waals surface area (Å²) >= 11 is 0. The molecule has 51 heavy (non-hydrogen) atoms. The van der Waals surface area contributed by atoms with Gasteiger partial charge in [-0.15, -0.1) is 16.8 Å². The number of aromatic nitrogens is 4. The van der Waals surface area contributed by atoms with Gasteiger partial charge in [-0.1, -0.05) is 90.4 Å². The fourth-order valence-electron chi connectivity index (χ4n) is 7.48. The van der Waals surface area contributed by atoms with E-state index in [0.717, 1.165) is 44.9 Å². The molecule has 15 heteroatoms. The van der Waals surface area contributed by atoms with Gasteiger partial charge < -0.3 is 20.9 Å². The standard InChI is InChI=1S/C36H59N9O5S/c1-9-19-37-31(48)27(46)25(21-23-14-15-23)38-30(47)26-24(22(3)4)16-20-45(26)33(50)29(35(5,6)7)39-32(49)28(36(8)17-12-11-13-18-36)42-51(10-2)34-40-43-44-41-34/h9-10,22-26,28-29,42H,1,11-21H2,2-8H3,(H,37,48)(H,38,47)(H,39,49)(H,40,41,43,44)/t24-,25?,26+,28-,29-,51?/m1/s1. The average molecular weight is 730 g/mol. The van der Waals surface area contributed by atoms with Crippen molar-refractivity contribution < 1.29 is 24.0 Å². The van der Waals surface area contributed by atoms with Crippen molar-refractivity contribution in [2.24, 2.45) is 28.6 Å². The molecule has 2 heterocycles. The second kappa shape index (κ2) is 17.4. The lowest BCUT2D eigenvalue weighted by Gasteiger charge is -2.42. The van der Waals surface area contributed by atoms with Crippen LogP contribution in [0.5, 0.6) is 0 Å². The molecule has 3 fully saturated rings. The average Bonchev–Trinajstić information content (AvgIpc) is 3.52. The van der Waals surface area contributed by atoms with Crippen molar-refractivity contribution in [3.05, 3.63) is 12.7 Å². The Morgan fingerprint density at radius 1 is 1.08 bits per heavy atom. The molecule has 1 aliphatic heterocycles. The van der Waals surface area contributed by atoms with Crippen molar-refractivity contribution in [2.45, 2.75) is 136 Å². The summed E-state index contributed by atoms with van der Waals surface area (Å²) < 4.78 is 3.52. The molecule has 284 valence electrons. The van der Waals surface area contributed by atoms with E-state index in [-0.39, 0.29) is 41.5 Å². The fraction of sp³-hybridized carbons (Fsp3) is 0.750. The number of hydrogen-bond acceptors (Lipinski definition) is 9. The van der Waals surface area contributed by atoms with Crippen LogP contribution >= 0.6 is 10.7 Å². The molecular formula is C36H59N9O5S. The predicted octanol–water partition coefficient (Wildman–Crippen LogP) is 3.05. The highest BCUT2D eigenvalue weighted by Crippen LogP contribution is 2.41. The van der Waals surface area contributed by atoms with Crippen molar-refractivity contribution in [3.8, 4) is 0 Å². The number of hydrogen-bond donors (Lipinski definition) is 5. The molecule has 0 radical (unpaired) electrons. The number of carbonyl (C=O) groups is 5. The topological polar surface area (TPSA) is 191 Å². The van der Waals surface area contributed by atoms with Crippen LogP contribution in [0.4, 0.5) is 0 Å². The first kappa shape index (κ1) is 40.3. The van der Waals surface area contributed by atoms with Gasteiger partial charge in [-0.05, 0) is 71.8 Å². The number of nitrogens with zero attached hydrogens (tertiary/aromatic N) is 4. The molecule has 2 saturated carbocycles. The molecule has 6 atom stereocenters. The molecular weight excluding hydrogens is 671 g/mol. The van der Waals surface area contributed by atoms with Crippen molar-refractivity contribution in [2.75, 3.05) is 13.1 Å². The summed E-state index contributed by atoms with van der Waals surface area (Å²) in [7, 11) is -0.789. The lowest BCUT2D eigenvalue weighted by molar-refractivity contribution is -0.146. The van der Waals surface area contributed by atoms with Gasteiger partial charge in [0.1, 0.15) is 18.1 Å². The quantitative estimate of drug-likeness (QED) is 0.0967. The maximum Gasteiger partial charge on any atom is 0.289 e. The molecule has 1 aromatic heterocycles. The summed E-state index contributed by atoms with van der Waals surface area (Å²) in [5, 5.41) is 25.5. The highest BCUT2D eigenvalue weighted by molar-refractivity contribution is 8.13. The third kappa shape index (κ3) is 10.1. The van der Waals surface area contributed by atoms with Gasteiger partial charge in [0.05, 0.1) is 6.04 Å². The highest BCUT2D eigenvalue weighted by Gasteiger charge is 2.49. The smallest absolute Gasteiger partial charge is 0.289 e. The first-order chi connectivity index (χ1) is 24.1. The summed E-state index contributed by atoms with van der Waals surface area (Å²) in [6.07, 6.45) is 9.10. The Bertz CT molecular complexity index is 1450. The molecule has 3 aliphatic rings. The van der Waals surface area contributed by atoms with Gasteiger partial charge in [-0.3, -0.25) is 28.7 Å². The van der Waals surface area contributed by atoms with Gasteiger partial charge in [0, 0.05) is 13.1 Å². The van der Waals surface area contributed by atoms with Gasteiger partial charge in [0.25, 0.3) is 5.91 Å². The van der Waals surface area contributed by atoms with Crippen molar-refractivity contribution >= 4 is 45.4 Å². The number of aromatic amines is 1. The minimum atomic E-state index is -0.996. The molecule has 0 aromatic carbocycles. The number of ketones is 1. The van der Waals surface area contributed by atoms with Crippen LogP contribution in [0.15, 0.2) is 17.8 Å². The lowest BCUT2D eigenvalue weighted by Crippen LogP contribution is -2.63. The fourth-order valence-corrected chi connectivity index (χ4v) is 8.85. The Hall–Kier alpha value is -3.46. The maximum absolute atomic E-state index is 14.7. The Labute approximate surface area is 304 Å². The van der Waals surface area contributed by atoms with Crippen LogP contribution in [-0.4, -0.2) is 97.6 Å². The SMILES string of the molecule is C=CCNC(=O)C(=O)C(CC1CC1)NC(=O)[C@@H]1[C@@H](C(C)C)CCN1C(=O)[C@@H](NC(=O)[C@@H](N/S(=C/C)c1nn[nH]n1)C1(C)CCCCC1)C(C)(C)C. The summed E-state index contributed by atoms with van der Waals surface area (Å²) in [6.45, 7) is 17.8. The van der Waals surface area contributed by atoms with Crippen molar-refractivity contribution in [1.29, 1.82) is 0 Å². The Kier molecular flexibility index (Phi) is 13.7. The van der Waals surface area contributed by atoms with Crippen LogP contribution in [0.1, 0.15) is 106 Å². The molecule has 1 saturated heterocycles. The first-order valence-corrected chi connectivity index (χ1v) is 19.8. The Morgan fingerprint density at radius 3 is 2.31 bits per heavy atom. The monoisotopic (exact) mass is 729 g/mol. The van der Waals surface area contributed by atoms with Crippen LogP contribution in [0.3, 0.4) is 0 Å². The maximum atomic E-state index is 14.7. The van der Waals surface area contributed by atoms with E-state index in [4.69, 9.17) is 0 Å². The third-order valence-electron chi connectivity index (χ3n) is 10.7. The van der Waals surface area contributed by atoms with Gasteiger partial charge in [-0.2, -0.15) is 5.21 Å². The number of carbonyl (C=O) groups excluding carboxylic acids is 5. The number of amides is 4. The number of likely N-dealkylation sites (tertiary alicyclic amines) is 1. The van der Waals surface area contributed by atoms with E-state index in [2.05, 4.69) is 54.8 Å². The zero-order chi connectivity index (χ0) is 37.5. The highest BCUT2D eigenvalue weighted by atomic mass is 32.2. The molecule has 1 aromatic rings. The number of H-pyrrole nitrogens is 1. The Morgan fingerprint density at radius 2 is 1.76 bits per heavy atom. The third-order valence-corrected chi connectivity index (χ3v) is 12.3. The molecule has 2 unspecified atom stereocenters. The van der Waals surface area contributed by atoms with Gasteiger partial charge in [0.15, 0.2) is 0 Å². The summed E-state index contributed by atoms with van der Waals surface area (Å²) in [4.78, 5) is 70.9. The Balaban J connectivity index is 1.61. The second-order valence-electron chi connectivity index (χ2n) is 16.1. The van der Waals surface area contributed by atoms with E-state index >= 15 is 0 Å². The van der Waals surface area contributed by atoms with E-state index in [1.165, 1.54) is 6.08 Å². The van der Waals surface area contributed by atoms with Crippen molar-refractivity contribution in [3.63, 3.8) is 0 Å². The van der Waals surface area contributed by atoms with Gasteiger partial charge in [-0.25, -0.2) is 0 Å². The second-order valence-corrected chi connectivity index (χ2v) is 17.9. The molecule has 5 N–H and O–H groups in total. The lowest BCUT2D eigenvalue weighted by atomic mass is 9.70. The zero-order valence-corrected chi connectivity index (χ0v) is 32.2. The van der Waals surface area contributed by atoms with E-state index in [0.29, 0.717) is 24.5 Å². The number of nitrogens with one attached hydrogen (secondary N) is 5. The molecule has 14 nitrogen and oxygen atoms in total. The minimum Gasteiger partial charge on any atom is -0.346 e. The normalized spacial score (nSPS) is 22.9. The van der Waals surface area contributed by atoms with E-state index < -0.39 is 57.9 Å².